The van der Waals surface area contributed by atoms with Gasteiger partial charge in [0.25, 0.3) is 5.56 Å². The Labute approximate surface area is 166 Å². The number of hydrogen-bond acceptors (Lipinski definition) is 5. The molecule has 7 heteroatoms. The molecule has 1 aromatic heterocycles. The third kappa shape index (κ3) is 4.98. The molecule has 0 radical (unpaired) electrons. The molecule has 0 aliphatic carbocycles. The number of unbranched alkanes of at least 4 members (excludes halogenated alkanes) is 1. The van der Waals surface area contributed by atoms with Crippen LogP contribution in [0.25, 0.3) is 10.9 Å². The maximum Gasteiger partial charge on any atom is 0.316 e. The van der Waals surface area contributed by atoms with Gasteiger partial charge in [0.15, 0.2) is 5.16 Å². The Hall–Kier alpha value is -2.67. The molecule has 28 heavy (non-hydrogen) atoms. The molecule has 2 aromatic carbocycles. The number of ether oxygens (including phenoxy) is 1. The number of benzene rings is 2. The van der Waals surface area contributed by atoms with Crippen molar-refractivity contribution in [2.45, 2.75) is 31.5 Å². The monoisotopic (exact) mass is 400 g/mol. The maximum absolute atomic E-state index is 13.2. The lowest BCUT2D eigenvalue weighted by molar-refractivity contribution is -0.140. The number of para-hydroxylation sites is 1. The van der Waals surface area contributed by atoms with Crippen LogP contribution in [0.1, 0.15) is 25.3 Å². The highest BCUT2D eigenvalue weighted by Gasteiger charge is 2.14. The van der Waals surface area contributed by atoms with Gasteiger partial charge >= 0.3 is 5.97 Å². The lowest BCUT2D eigenvalue weighted by Crippen LogP contribution is -2.24. The Morgan fingerprint density at radius 1 is 1.18 bits per heavy atom. The van der Waals surface area contributed by atoms with Crippen molar-refractivity contribution in [3.8, 4) is 0 Å². The first-order valence-electron chi connectivity index (χ1n) is 9.11. The first-order valence-corrected chi connectivity index (χ1v) is 10.1. The molecule has 0 fully saturated rings. The topological polar surface area (TPSA) is 61.2 Å². The van der Waals surface area contributed by atoms with E-state index in [9.17, 15) is 14.0 Å². The van der Waals surface area contributed by atoms with Crippen molar-refractivity contribution in [2.24, 2.45) is 0 Å². The highest BCUT2D eigenvalue weighted by Crippen LogP contribution is 2.19. The Balaban J connectivity index is 1.89. The van der Waals surface area contributed by atoms with Gasteiger partial charge in [-0.05, 0) is 36.2 Å². The van der Waals surface area contributed by atoms with Gasteiger partial charge in [-0.2, -0.15) is 0 Å². The molecule has 0 bridgehead atoms. The van der Waals surface area contributed by atoms with E-state index in [4.69, 9.17) is 4.74 Å². The van der Waals surface area contributed by atoms with Crippen LogP contribution in [0, 0.1) is 5.82 Å². The van der Waals surface area contributed by atoms with Crippen LogP contribution in [0.15, 0.2) is 58.5 Å². The fourth-order valence-corrected chi connectivity index (χ4v) is 3.46. The van der Waals surface area contributed by atoms with Crippen LogP contribution in [-0.4, -0.2) is 27.9 Å². The molecular formula is C21H21FN2O3S. The van der Waals surface area contributed by atoms with Gasteiger partial charge in [-0.3, -0.25) is 14.2 Å². The van der Waals surface area contributed by atoms with Crippen molar-refractivity contribution in [1.82, 2.24) is 9.55 Å². The summed E-state index contributed by atoms with van der Waals surface area (Å²) in [5.41, 5.74) is 1.15. The molecule has 3 rings (SSSR count). The molecule has 0 unspecified atom stereocenters. The molecule has 0 aliphatic rings. The average molecular weight is 400 g/mol. The van der Waals surface area contributed by atoms with E-state index in [1.807, 2.05) is 13.0 Å². The summed E-state index contributed by atoms with van der Waals surface area (Å²) in [6, 6.07) is 13.0. The second-order valence-electron chi connectivity index (χ2n) is 6.29. The predicted octanol–water partition coefficient (Wildman–Crippen LogP) is 4.02. The summed E-state index contributed by atoms with van der Waals surface area (Å²) >= 11 is 1.17. The number of carbonyl (C=O) groups is 1. The van der Waals surface area contributed by atoms with E-state index in [1.165, 1.54) is 28.5 Å². The minimum Gasteiger partial charge on any atom is -0.465 e. The number of thioether (sulfide) groups is 1. The first kappa shape index (κ1) is 20.1. The second-order valence-corrected chi connectivity index (χ2v) is 7.23. The number of halogens is 1. The molecule has 0 saturated carbocycles. The molecule has 0 N–H and O–H groups in total. The molecule has 3 aromatic rings. The molecule has 0 atom stereocenters. The molecular weight excluding hydrogens is 379 g/mol. The molecule has 0 aliphatic heterocycles. The maximum atomic E-state index is 13.2. The van der Waals surface area contributed by atoms with Crippen LogP contribution in [0.3, 0.4) is 0 Å². The number of nitrogens with zero attached hydrogens (tertiary/aromatic N) is 2. The standard InChI is InChI=1S/C21H21FN2O3S/c1-2-3-12-27-19(25)14-28-21-23-18-7-5-4-6-17(18)20(26)24(21)13-15-8-10-16(22)11-9-15/h4-11H,2-3,12-14H2,1H3. The van der Waals surface area contributed by atoms with Gasteiger partial charge < -0.3 is 4.74 Å². The van der Waals surface area contributed by atoms with Crippen LogP contribution in [0.5, 0.6) is 0 Å². The Morgan fingerprint density at radius 2 is 1.93 bits per heavy atom. The van der Waals surface area contributed by atoms with E-state index in [2.05, 4.69) is 4.98 Å². The predicted molar refractivity (Wildman–Crippen MR) is 108 cm³/mol. The molecule has 5 nitrogen and oxygen atoms in total. The number of esters is 1. The summed E-state index contributed by atoms with van der Waals surface area (Å²) in [6.07, 6.45) is 1.77. The van der Waals surface area contributed by atoms with Crippen LogP contribution < -0.4 is 5.56 Å². The van der Waals surface area contributed by atoms with Crippen molar-refractivity contribution in [3.05, 3.63) is 70.3 Å². The van der Waals surface area contributed by atoms with Gasteiger partial charge in [-0.25, -0.2) is 9.37 Å². The summed E-state index contributed by atoms with van der Waals surface area (Å²) in [5, 5.41) is 0.931. The summed E-state index contributed by atoms with van der Waals surface area (Å²) in [4.78, 5) is 29.5. The third-order valence-electron chi connectivity index (χ3n) is 4.16. The van der Waals surface area contributed by atoms with E-state index < -0.39 is 0 Å². The molecule has 0 spiro atoms. The number of rotatable bonds is 8. The lowest BCUT2D eigenvalue weighted by Gasteiger charge is -2.13. The van der Waals surface area contributed by atoms with Gasteiger partial charge in [0.1, 0.15) is 5.82 Å². The van der Waals surface area contributed by atoms with Crippen LogP contribution in [0.4, 0.5) is 4.39 Å². The average Bonchev–Trinajstić information content (AvgIpc) is 2.70. The molecule has 0 amide bonds. The highest BCUT2D eigenvalue weighted by atomic mass is 32.2. The fourth-order valence-electron chi connectivity index (χ4n) is 2.67. The Bertz CT molecular complexity index is 1020. The Kier molecular flexibility index (Phi) is 6.81. The second kappa shape index (κ2) is 9.50. The van der Waals surface area contributed by atoms with Gasteiger partial charge in [-0.1, -0.05) is 49.4 Å². The van der Waals surface area contributed by atoms with Gasteiger partial charge in [0.05, 0.1) is 29.8 Å². The zero-order valence-corrected chi connectivity index (χ0v) is 16.4. The quantitative estimate of drug-likeness (QED) is 0.247. The van der Waals surface area contributed by atoms with E-state index >= 15 is 0 Å². The summed E-state index contributed by atoms with van der Waals surface area (Å²) in [5.74, 6) is -0.607. The number of fused-ring (bicyclic) bond motifs is 1. The van der Waals surface area contributed by atoms with E-state index in [-0.39, 0.29) is 29.6 Å². The van der Waals surface area contributed by atoms with Crippen molar-refractivity contribution >= 4 is 28.6 Å². The summed E-state index contributed by atoms with van der Waals surface area (Å²) in [6.45, 7) is 2.66. The normalized spacial score (nSPS) is 10.9. The SMILES string of the molecule is CCCCOC(=O)CSc1nc2ccccc2c(=O)n1Cc1ccc(F)cc1. The summed E-state index contributed by atoms with van der Waals surface area (Å²) in [7, 11) is 0. The Morgan fingerprint density at radius 3 is 2.68 bits per heavy atom. The van der Waals surface area contributed by atoms with Crippen LogP contribution in [0.2, 0.25) is 0 Å². The third-order valence-corrected chi connectivity index (χ3v) is 5.11. The number of carbonyl (C=O) groups excluding carboxylic acids is 1. The van der Waals surface area contributed by atoms with Crippen LogP contribution >= 0.6 is 11.8 Å². The highest BCUT2D eigenvalue weighted by molar-refractivity contribution is 7.99. The van der Waals surface area contributed by atoms with Gasteiger partial charge in [0.2, 0.25) is 0 Å². The minimum atomic E-state index is -0.339. The van der Waals surface area contributed by atoms with Crippen molar-refractivity contribution in [2.75, 3.05) is 12.4 Å². The zero-order chi connectivity index (χ0) is 19.9. The van der Waals surface area contributed by atoms with Gasteiger partial charge in [-0.15, -0.1) is 0 Å². The number of hydrogen-bond donors (Lipinski definition) is 0. The van der Waals surface area contributed by atoms with Crippen molar-refractivity contribution < 1.29 is 13.9 Å². The largest absolute Gasteiger partial charge is 0.465 e. The number of aromatic nitrogens is 2. The molecule has 146 valence electrons. The van der Waals surface area contributed by atoms with Crippen molar-refractivity contribution in [3.63, 3.8) is 0 Å². The summed E-state index contributed by atoms with van der Waals surface area (Å²) < 4.78 is 19.9. The molecule has 1 heterocycles. The lowest BCUT2D eigenvalue weighted by atomic mass is 10.2. The van der Waals surface area contributed by atoms with E-state index in [0.29, 0.717) is 22.7 Å². The zero-order valence-electron chi connectivity index (χ0n) is 15.6. The van der Waals surface area contributed by atoms with Gasteiger partial charge in [0, 0.05) is 0 Å². The smallest absolute Gasteiger partial charge is 0.316 e. The van der Waals surface area contributed by atoms with E-state index in [0.717, 1.165) is 18.4 Å². The van der Waals surface area contributed by atoms with Crippen LogP contribution in [-0.2, 0) is 16.1 Å². The van der Waals surface area contributed by atoms with E-state index in [1.54, 1.807) is 30.3 Å². The molecule has 0 saturated heterocycles. The first-order chi connectivity index (χ1) is 13.6. The van der Waals surface area contributed by atoms with Crippen molar-refractivity contribution in [1.29, 1.82) is 0 Å². The fraction of sp³-hybridized carbons (Fsp3) is 0.286. The minimum absolute atomic E-state index is 0.0674.